The van der Waals surface area contributed by atoms with Crippen molar-refractivity contribution in [1.82, 2.24) is 0 Å². The van der Waals surface area contributed by atoms with E-state index in [4.69, 9.17) is 8.85 Å². The van der Waals surface area contributed by atoms with Gasteiger partial charge in [0.05, 0.1) is 12.2 Å². The maximum Gasteiger partial charge on any atom is 0.325 e. The van der Waals surface area contributed by atoms with Crippen molar-refractivity contribution in [1.29, 1.82) is 0 Å². The zero-order valence-electron chi connectivity index (χ0n) is 11.3. The van der Waals surface area contributed by atoms with Crippen LogP contribution in [0.1, 0.15) is 0 Å². The van der Waals surface area contributed by atoms with Crippen LogP contribution < -0.4 is 0 Å². The van der Waals surface area contributed by atoms with Gasteiger partial charge in [-0.2, -0.15) is 0 Å². The maximum absolute atomic E-state index is 11.3. The first-order valence-electron chi connectivity index (χ1n) is 5.38. The van der Waals surface area contributed by atoms with Crippen LogP contribution in [-0.2, 0) is 18.4 Å². The first-order chi connectivity index (χ1) is 7.49. The summed E-state index contributed by atoms with van der Waals surface area (Å²) in [5, 5.41) is 0. The highest BCUT2D eigenvalue weighted by atomic mass is 28.4. The quantitative estimate of drug-likeness (QED) is 0.448. The average molecular weight is 272 g/mol. The Kier molecular flexibility index (Phi) is 5.61. The molecular weight excluding hydrogens is 252 g/mol. The van der Waals surface area contributed by atoms with Crippen LogP contribution in [0.15, 0.2) is 17.9 Å². The third-order valence-electron chi connectivity index (χ3n) is 1.22. The van der Waals surface area contributed by atoms with E-state index in [0.717, 1.165) is 12.2 Å². The van der Waals surface area contributed by atoms with E-state index >= 15 is 0 Å². The summed E-state index contributed by atoms with van der Waals surface area (Å²) in [7, 11) is -3.76. The van der Waals surface area contributed by atoms with Gasteiger partial charge < -0.3 is 8.85 Å². The molecule has 0 rings (SSSR count). The van der Waals surface area contributed by atoms with Crippen LogP contribution in [-0.4, -0.2) is 28.6 Å². The van der Waals surface area contributed by atoms with Gasteiger partial charge in [-0.05, 0) is 39.3 Å². The molecule has 0 amide bonds. The van der Waals surface area contributed by atoms with Crippen LogP contribution in [0.25, 0.3) is 0 Å². The van der Waals surface area contributed by atoms with Crippen LogP contribution in [0.3, 0.4) is 0 Å². The topological polar surface area (TPSA) is 52.6 Å². The summed E-state index contributed by atoms with van der Waals surface area (Å²) in [5.41, 5.74) is 2.48. The number of carbonyl (C=O) groups is 2. The summed E-state index contributed by atoms with van der Waals surface area (Å²) in [6.45, 7) is 11.4. The second-order valence-corrected chi connectivity index (χ2v) is 14.4. The zero-order chi connectivity index (χ0) is 13.7. The minimum Gasteiger partial charge on any atom is -0.516 e. The minimum absolute atomic E-state index is 0.471. The van der Waals surface area contributed by atoms with Crippen LogP contribution in [0.2, 0.25) is 39.3 Å². The molecule has 17 heavy (non-hydrogen) atoms. The van der Waals surface area contributed by atoms with Crippen molar-refractivity contribution in [2.75, 3.05) is 0 Å². The van der Waals surface area contributed by atoms with E-state index in [-0.39, 0.29) is 0 Å². The largest absolute Gasteiger partial charge is 0.516 e. The van der Waals surface area contributed by atoms with Gasteiger partial charge >= 0.3 is 11.9 Å². The Balaban J connectivity index is 4.34. The number of rotatable bonds is 4. The molecule has 0 heterocycles. The van der Waals surface area contributed by atoms with Crippen molar-refractivity contribution in [3.63, 3.8) is 0 Å². The predicted octanol–water partition coefficient (Wildman–Crippen LogP) is 2.45. The minimum atomic E-state index is -1.88. The van der Waals surface area contributed by atoms with E-state index in [9.17, 15) is 9.59 Å². The Morgan fingerprint density at radius 1 is 0.824 bits per heavy atom. The van der Waals surface area contributed by atoms with Gasteiger partial charge in [0, 0.05) is 0 Å². The van der Waals surface area contributed by atoms with E-state index in [2.05, 4.69) is 5.73 Å². The molecule has 0 aliphatic carbocycles. The molecular formula is C11H20O4Si2. The normalized spacial score (nSPS) is 11.2. The third-order valence-corrected chi connectivity index (χ3v) is 2.84. The molecule has 0 saturated heterocycles. The van der Waals surface area contributed by atoms with Gasteiger partial charge in [-0.15, -0.1) is 5.73 Å². The second kappa shape index (κ2) is 6.00. The van der Waals surface area contributed by atoms with Crippen molar-refractivity contribution in [2.45, 2.75) is 39.3 Å². The lowest BCUT2D eigenvalue weighted by atomic mass is 10.5. The molecule has 0 fully saturated rings. The Labute approximate surface area is 105 Å². The monoisotopic (exact) mass is 272 g/mol. The fraction of sp³-hybridized carbons (Fsp3) is 0.545. The fourth-order valence-corrected chi connectivity index (χ4v) is 2.17. The van der Waals surface area contributed by atoms with Crippen molar-refractivity contribution in [3.8, 4) is 0 Å². The summed E-state index contributed by atoms with van der Waals surface area (Å²) in [6, 6.07) is 0. The Morgan fingerprint density at radius 3 is 1.35 bits per heavy atom. The summed E-state index contributed by atoms with van der Waals surface area (Å²) >= 11 is 0. The average Bonchev–Trinajstić information content (AvgIpc) is 1.95. The van der Waals surface area contributed by atoms with Gasteiger partial charge in [0.15, 0.2) is 0 Å². The van der Waals surface area contributed by atoms with Crippen molar-refractivity contribution >= 4 is 28.6 Å². The first kappa shape index (κ1) is 15.9. The van der Waals surface area contributed by atoms with E-state index in [1.165, 1.54) is 0 Å². The lowest BCUT2D eigenvalue weighted by Gasteiger charge is -2.15. The fourth-order valence-electron chi connectivity index (χ4n) is 0.840. The third kappa shape index (κ3) is 11.2. The molecule has 0 aromatic heterocycles. The van der Waals surface area contributed by atoms with Crippen LogP contribution in [0.4, 0.5) is 0 Å². The molecule has 0 aromatic rings. The van der Waals surface area contributed by atoms with E-state index in [0.29, 0.717) is 0 Å². The first-order valence-corrected chi connectivity index (χ1v) is 12.2. The number of hydrogen-bond donors (Lipinski definition) is 0. The van der Waals surface area contributed by atoms with Crippen LogP contribution >= 0.6 is 0 Å². The number of carbonyl (C=O) groups excluding carboxylic acids is 2. The van der Waals surface area contributed by atoms with Gasteiger partial charge in [0.1, 0.15) is 0 Å². The zero-order valence-corrected chi connectivity index (χ0v) is 13.3. The summed E-state index contributed by atoms with van der Waals surface area (Å²) in [4.78, 5) is 22.5. The molecule has 0 bridgehead atoms. The van der Waals surface area contributed by atoms with Crippen LogP contribution in [0, 0.1) is 0 Å². The van der Waals surface area contributed by atoms with Gasteiger partial charge in [0.2, 0.25) is 16.6 Å². The molecule has 6 heteroatoms. The van der Waals surface area contributed by atoms with E-state index in [1.807, 2.05) is 39.3 Å². The smallest absolute Gasteiger partial charge is 0.325 e. The van der Waals surface area contributed by atoms with Crippen molar-refractivity contribution in [3.05, 3.63) is 17.9 Å². The van der Waals surface area contributed by atoms with E-state index < -0.39 is 28.6 Å². The molecule has 0 unspecified atom stereocenters. The highest BCUT2D eigenvalue weighted by Crippen LogP contribution is 2.04. The standard InChI is InChI=1S/C11H20O4Si2/c1-16(2,3)14-10(12)8-7-9-11(13)15-17(4,5)6/h8-9H,1-6H3. The summed E-state index contributed by atoms with van der Waals surface area (Å²) in [5.74, 6) is -0.942. The number of hydrogen-bond acceptors (Lipinski definition) is 4. The van der Waals surface area contributed by atoms with Gasteiger partial charge in [-0.1, -0.05) is 0 Å². The van der Waals surface area contributed by atoms with Gasteiger partial charge in [-0.3, -0.25) is 0 Å². The lowest BCUT2D eigenvalue weighted by Crippen LogP contribution is -2.28. The molecule has 0 N–H and O–H groups in total. The van der Waals surface area contributed by atoms with Crippen molar-refractivity contribution < 1.29 is 18.4 Å². The maximum atomic E-state index is 11.3. The molecule has 0 atom stereocenters. The Hall–Kier alpha value is -1.11. The highest BCUT2D eigenvalue weighted by Gasteiger charge is 2.19. The van der Waals surface area contributed by atoms with Crippen molar-refractivity contribution in [2.24, 2.45) is 0 Å². The van der Waals surface area contributed by atoms with Crippen LogP contribution in [0.5, 0.6) is 0 Å². The molecule has 96 valence electrons. The van der Waals surface area contributed by atoms with Gasteiger partial charge in [0.25, 0.3) is 0 Å². The Bertz CT molecular complexity index is 323. The lowest BCUT2D eigenvalue weighted by molar-refractivity contribution is -0.130. The highest BCUT2D eigenvalue weighted by molar-refractivity contribution is 6.71. The molecule has 0 saturated carbocycles. The summed E-state index contributed by atoms with van der Waals surface area (Å²) < 4.78 is 10.3. The molecule has 0 spiro atoms. The Morgan fingerprint density at radius 2 is 1.12 bits per heavy atom. The molecule has 0 aliphatic rings. The SMILES string of the molecule is C[Si](C)(C)OC(=O)C=C=CC(=O)O[Si](C)(C)C. The predicted molar refractivity (Wildman–Crippen MR) is 71.5 cm³/mol. The van der Waals surface area contributed by atoms with Gasteiger partial charge in [-0.25, -0.2) is 9.59 Å². The molecule has 0 aromatic carbocycles. The molecule has 0 radical (unpaired) electrons. The van der Waals surface area contributed by atoms with E-state index in [1.54, 1.807) is 0 Å². The molecule has 0 aliphatic heterocycles. The summed E-state index contributed by atoms with van der Waals surface area (Å²) in [6.07, 6.45) is 2.23. The second-order valence-electron chi connectivity index (χ2n) is 5.52. The molecule has 4 nitrogen and oxygen atoms in total.